The quantitative estimate of drug-likeness (QED) is 0.712. The molecular weight excluding hydrogens is 176 g/mol. The van der Waals surface area contributed by atoms with Crippen LogP contribution in [0.2, 0.25) is 0 Å². The predicted octanol–water partition coefficient (Wildman–Crippen LogP) is 0.917. The van der Waals surface area contributed by atoms with E-state index >= 15 is 0 Å². The van der Waals surface area contributed by atoms with E-state index in [1.54, 1.807) is 24.3 Å². The minimum Gasteiger partial charge on any atom is -0.286 e. The Hall–Kier alpha value is -0.870. The van der Waals surface area contributed by atoms with Crippen LogP contribution in [0.25, 0.3) is 0 Å². The largest absolute Gasteiger partial charge is 0.286 e. The zero-order valence-corrected chi connectivity index (χ0v) is 7.21. The van der Waals surface area contributed by atoms with Gasteiger partial charge in [-0.15, -0.1) is 0 Å². The molecule has 0 spiro atoms. The van der Waals surface area contributed by atoms with E-state index in [9.17, 15) is 8.42 Å². The van der Waals surface area contributed by atoms with Crippen molar-refractivity contribution < 1.29 is 13.0 Å². The standard InChI is InChI=1S/C8H9O3S/c9-12(10,11)7-6-8-4-2-1-3-5-8/h1-4H,6-7H2,(H,9,10,11). The third kappa shape index (κ3) is 3.50. The Kier molecular flexibility index (Phi) is 2.83. The van der Waals surface area contributed by atoms with Gasteiger partial charge in [-0.2, -0.15) is 8.42 Å². The molecule has 0 atom stereocenters. The monoisotopic (exact) mass is 185 g/mol. The Balaban J connectivity index is 2.56. The summed E-state index contributed by atoms with van der Waals surface area (Å²) in [4.78, 5) is 0. The zero-order chi connectivity index (χ0) is 9.03. The molecule has 1 N–H and O–H groups in total. The van der Waals surface area contributed by atoms with Crippen molar-refractivity contribution >= 4 is 10.1 Å². The zero-order valence-electron chi connectivity index (χ0n) is 6.40. The van der Waals surface area contributed by atoms with Crippen molar-refractivity contribution in [1.82, 2.24) is 0 Å². The fraction of sp³-hybridized carbons (Fsp3) is 0.250. The number of rotatable bonds is 3. The molecule has 0 heterocycles. The molecular formula is C8H9O3S. The third-order valence-electron chi connectivity index (χ3n) is 1.40. The first-order valence-electron chi connectivity index (χ1n) is 3.49. The van der Waals surface area contributed by atoms with Crippen LogP contribution in [-0.4, -0.2) is 18.7 Å². The maximum atomic E-state index is 10.3. The van der Waals surface area contributed by atoms with Crippen LogP contribution in [0, 0.1) is 6.07 Å². The van der Waals surface area contributed by atoms with Crippen LogP contribution in [0.1, 0.15) is 5.56 Å². The number of benzene rings is 1. The molecule has 0 aliphatic heterocycles. The Labute approximate surface area is 71.8 Å². The van der Waals surface area contributed by atoms with E-state index in [2.05, 4.69) is 6.07 Å². The highest BCUT2D eigenvalue weighted by Gasteiger charge is 2.03. The van der Waals surface area contributed by atoms with Crippen molar-refractivity contribution in [3.05, 3.63) is 35.9 Å². The molecule has 1 aromatic carbocycles. The fourth-order valence-electron chi connectivity index (χ4n) is 0.825. The minimum absolute atomic E-state index is 0.243. The molecule has 0 aliphatic rings. The molecule has 4 heteroatoms. The molecule has 0 saturated carbocycles. The molecule has 0 aromatic heterocycles. The van der Waals surface area contributed by atoms with Gasteiger partial charge in [-0.05, 0) is 18.1 Å². The molecule has 3 nitrogen and oxygen atoms in total. The Morgan fingerprint density at radius 1 is 1.42 bits per heavy atom. The van der Waals surface area contributed by atoms with Crippen LogP contribution >= 0.6 is 0 Å². The normalized spacial score (nSPS) is 11.4. The van der Waals surface area contributed by atoms with Crippen LogP contribution in [0.4, 0.5) is 0 Å². The molecule has 1 radical (unpaired) electrons. The van der Waals surface area contributed by atoms with Crippen molar-refractivity contribution in [2.24, 2.45) is 0 Å². The van der Waals surface area contributed by atoms with Crippen molar-refractivity contribution in [2.45, 2.75) is 6.42 Å². The number of hydrogen-bond acceptors (Lipinski definition) is 2. The van der Waals surface area contributed by atoms with Crippen LogP contribution in [0.5, 0.6) is 0 Å². The van der Waals surface area contributed by atoms with E-state index < -0.39 is 10.1 Å². The van der Waals surface area contributed by atoms with Crippen molar-refractivity contribution in [3.8, 4) is 0 Å². The van der Waals surface area contributed by atoms with Crippen molar-refractivity contribution in [2.75, 3.05) is 5.75 Å². The summed E-state index contributed by atoms with van der Waals surface area (Å²) in [5.41, 5.74) is 0.787. The van der Waals surface area contributed by atoms with E-state index in [-0.39, 0.29) is 5.75 Å². The molecule has 1 rings (SSSR count). The van der Waals surface area contributed by atoms with Gasteiger partial charge in [0.1, 0.15) is 0 Å². The lowest BCUT2D eigenvalue weighted by Crippen LogP contribution is -2.06. The van der Waals surface area contributed by atoms with Crippen molar-refractivity contribution in [3.63, 3.8) is 0 Å². The van der Waals surface area contributed by atoms with E-state index in [1.165, 1.54) is 0 Å². The van der Waals surface area contributed by atoms with Gasteiger partial charge in [-0.25, -0.2) is 0 Å². The minimum atomic E-state index is -3.84. The summed E-state index contributed by atoms with van der Waals surface area (Å²) < 4.78 is 29.1. The first-order valence-corrected chi connectivity index (χ1v) is 5.09. The molecule has 0 aliphatic carbocycles. The third-order valence-corrected chi connectivity index (χ3v) is 2.12. The molecule has 12 heavy (non-hydrogen) atoms. The van der Waals surface area contributed by atoms with E-state index in [4.69, 9.17) is 4.55 Å². The Morgan fingerprint density at radius 3 is 2.67 bits per heavy atom. The molecule has 1 aromatic rings. The highest BCUT2D eigenvalue weighted by Crippen LogP contribution is 1.99. The summed E-state index contributed by atoms with van der Waals surface area (Å²) in [7, 11) is -3.84. The summed E-state index contributed by atoms with van der Waals surface area (Å²) in [6.07, 6.45) is 0.305. The maximum absolute atomic E-state index is 10.3. The van der Waals surface area contributed by atoms with Crippen LogP contribution in [-0.2, 0) is 16.5 Å². The van der Waals surface area contributed by atoms with Gasteiger partial charge in [-0.3, -0.25) is 4.55 Å². The Bertz CT molecular complexity index is 329. The second-order valence-electron chi connectivity index (χ2n) is 2.42. The number of hydrogen-bond donors (Lipinski definition) is 1. The van der Waals surface area contributed by atoms with Gasteiger partial charge >= 0.3 is 0 Å². The fourth-order valence-corrected chi connectivity index (χ4v) is 1.30. The highest BCUT2D eigenvalue weighted by molar-refractivity contribution is 7.85. The topological polar surface area (TPSA) is 54.4 Å². The van der Waals surface area contributed by atoms with Gasteiger partial charge in [-0.1, -0.05) is 24.3 Å². The molecule has 65 valence electrons. The average Bonchev–Trinajstić information content (AvgIpc) is 2.02. The average molecular weight is 185 g/mol. The lowest BCUT2D eigenvalue weighted by atomic mass is 10.2. The van der Waals surface area contributed by atoms with Gasteiger partial charge in [0, 0.05) is 0 Å². The maximum Gasteiger partial charge on any atom is 0.265 e. The summed E-state index contributed by atoms with van der Waals surface area (Å²) in [6, 6.07) is 9.95. The van der Waals surface area contributed by atoms with Crippen LogP contribution in [0.15, 0.2) is 24.3 Å². The summed E-state index contributed by atoms with van der Waals surface area (Å²) >= 11 is 0. The van der Waals surface area contributed by atoms with Crippen LogP contribution < -0.4 is 0 Å². The highest BCUT2D eigenvalue weighted by atomic mass is 32.2. The second-order valence-corrected chi connectivity index (χ2v) is 4.00. The molecule has 0 amide bonds. The van der Waals surface area contributed by atoms with E-state index in [1.807, 2.05) is 0 Å². The summed E-state index contributed by atoms with van der Waals surface area (Å²) in [6.45, 7) is 0. The van der Waals surface area contributed by atoms with Gasteiger partial charge in [0.05, 0.1) is 5.75 Å². The smallest absolute Gasteiger partial charge is 0.265 e. The lowest BCUT2D eigenvalue weighted by Gasteiger charge is -1.96. The van der Waals surface area contributed by atoms with Crippen molar-refractivity contribution in [1.29, 1.82) is 0 Å². The second kappa shape index (κ2) is 3.69. The SMILES string of the molecule is O=S(=O)(O)CCc1[c]cccc1. The van der Waals surface area contributed by atoms with Gasteiger partial charge in [0.2, 0.25) is 0 Å². The number of aryl methyl sites for hydroxylation is 1. The van der Waals surface area contributed by atoms with Gasteiger partial charge < -0.3 is 0 Å². The molecule has 0 unspecified atom stereocenters. The van der Waals surface area contributed by atoms with Gasteiger partial charge in [0.25, 0.3) is 10.1 Å². The first-order chi connectivity index (χ1) is 5.58. The van der Waals surface area contributed by atoms with E-state index in [0.717, 1.165) is 5.56 Å². The van der Waals surface area contributed by atoms with E-state index in [0.29, 0.717) is 6.42 Å². The van der Waals surface area contributed by atoms with Crippen LogP contribution in [0.3, 0.4) is 0 Å². The molecule has 0 bridgehead atoms. The predicted molar refractivity (Wildman–Crippen MR) is 45.4 cm³/mol. The molecule has 0 fully saturated rings. The summed E-state index contributed by atoms with van der Waals surface area (Å²) in [5, 5.41) is 0. The van der Waals surface area contributed by atoms with Gasteiger partial charge in [0.15, 0.2) is 0 Å². The first kappa shape index (κ1) is 9.22. The lowest BCUT2D eigenvalue weighted by molar-refractivity contribution is 0.482. The molecule has 0 saturated heterocycles. The summed E-state index contributed by atoms with van der Waals surface area (Å²) in [5.74, 6) is -0.243. The Morgan fingerprint density at radius 2 is 2.17 bits per heavy atom.